The zero-order chi connectivity index (χ0) is 18.7. The Bertz CT molecular complexity index is 657. The Hall–Kier alpha value is -1.88. The summed E-state index contributed by atoms with van der Waals surface area (Å²) >= 11 is 0. The molecule has 0 saturated carbocycles. The average Bonchev–Trinajstić information content (AvgIpc) is 2.63. The lowest BCUT2D eigenvalue weighted by Gasteiger charge is -2.35. The molecule has 2 N–H and O–H groups in total. The van der Waals surface area contributed by atoms with Gasteiger partial charge in [0.05, 0.1) is 0 Å². The van der Waals surface area contributed by atoms with Crippen molar-refractivity contribution in [3.63, 3.8) is 0 Å². The van der Waals surface area contributed by atoms with Gasteiger partial charge in [-0.25, -0.2) is 0 Å². The van der Waals surface area contributed by atoms with Crippen molar-refractivity contribution in [1.29, 1.82) is 0 Å². The smallest absolute Gasteiger partial charge is 0.253 e. The van der Waals surface area contributed by atoms with Gasteiger partial charge in [-0.3, -0.25) is 9.59 Å². The van der Waals surface area contributed by atoms with Crippen molar-refractivity contribution in [2.75, 3.05) is 31.5 Å². The van der Waals surface area contributed by atoms with Crippen LogP contribution in [0.25, 0.3) is 0 Å². The zero-order valence-electron chi connectivity index (χ0n) is 16.2. The van der Waals surface area contributed by atoms with Crippen molar-refractivity contribution in [2.45, 2.75) is 40.0 Å². The molecule has 2 fully saturated rings. The van der Waals surface area contributed by atoms with Gasteiger partial charge < -0.3 is 15.5 Å². The summed E-state index contributed by atoms with van der Waals surface area (Å²) in [5.74, 6) is 1.26. The summed E-state index contributed by atoms with van der Waals surface area (Å²) in [4.78, 5) is 27.5. The standard InChI is InChI=1S/C21H31N3O2/c1-14-10-15(2)13-24(12-14)21(26)18-5-4-16(3)19(11-18)23-20(25)17-6-8-22-9-7-17/h4-5,11,14-15,17,22H,6-10,12-13H2,1-3H3,(H,23,25). The minimum Gasteiger partial charge on any atom is -0.338 e. The monoisotopic (exact) mass is 357 g/mol. The van der Waals surface area contributed by atoms with Gasteiger partial charge in [0.1, 0.15) is 0 Å². The van der Waals surface area contributed by atoms with Gasteiger partial charge in [0.15, 0.2) is 0 Å². The van der Waals surface area contributed by atoms with Gasteiger partial charge in [0.2, 0.25) is 5.91 Å². The molecule has 1 aromatic rings. The van der Waals surface area contributed by atoms with E-state index in [0.717, 1.165) is 50.3 Å². The van der Waals surface area contributed by atoms with Crippen LogP contribution < -0.4 is 10.6 Å². The molecule has 3 rings (SSSR count). The third-order valence-electron chi connectivity index (χ3n) is 5.61. The molecule has 2 aliphatic rings. The SMILES string of the molecule is Cc1ccc(C(=O)N2CC(C)CC(C)C2)cc1NC(=O)C1CCNCC1. The van der Waals surface area contributed by atoms with Crippen LogP contribution in [0, 0.1) is 24.7 Å². The van der Waals surface area contributed by atoms with Crippen LogP contribution in [-0.2, 0) is 4.79 Å². The summed E-state index contributed by atoms with van der Waals surface area (Å²) in [5.41, 5.74) is 2.42. The second-order valence-corrected chi connectivity index (χ2v) is 8.20. The lowest BCUT2D eigenvalue weighted by atomic mass is 9.91. The van der Waals surface area contributed by atoms with E-state index in [4.69, 9.17) is 0 Å². The highest BCUT2D eigenvalue weighted by Gasteiger charge is 2.27. The largest absolute Gasteiger partial charge is 0.338 e. The summed E-state index contributed by atoms with van der Waals surface area (Å²) < 4.78 is 0. The normalized spacial score (nSPS) is 24.3. The lowest BCUT2D eigenvalue weighted by Crippen LogP contribution is -2.42. The summed E-state index contributed by atoms with van der Waals surface area (Å²) in [5, 5.41) is 6.34. The number of anilines is 1. The number of likely N-dealkylation sites (tertiary alicyclic amines) is 1. The van der Waals surface area contributed by atoms with Crippen molar-refractivity contribution >= 4 is 17.5 Å². The summed E-state index contributed by atoms with van der Waals surface area (Å²) in [7, 11) is 0. The van der Waals surface area contributed by atoms with Crippen molar-refractivity contribution in [2.24, 2.45) is 17.8 Å². The number of hydrogen-bond donors (Lipinski definition) is 2. The third kappa shape index (κ3) is 4.44. The average molecular weight is 357 g/mol. The predicted octanol–water partition coefficient (Wildman–Crippen LogP) is 3.05. The Morgan fingerprint density at radius 3 is 2.42 bits per heavy atom. The van der Waals surface area contributed by atoms with Crippen LogP contribution in [0.3, 0.4) is 0 Å². The molecule has 2 saturated heterocycles. The van der Waals surface area contributed by atoms with Crippen molar-refractivity contribution in [3.05, 3.63) is 29.3 Å². The number of aryl methyl sites for hydroxylation is 1. The maximum Gasteiger partial charge on any atom is 0.253 e. The first kappa shape index (κ1) is 18.9. The molecule has 142 valence electrons. The van der Waals surface area contributed by atoms with Crippen LogP contribution in [0.2, 0.25) is 0 Å². The van der Waals surface area contributed by atoms with Crippen LogP contribution in [0.1, 0.15) is 49.0 Å². The second kappa shape index (κ2) is 8.21. The lowest BCUT2D eigenvalue weighted by molar-refractivity contribution is -0.120. The van der Waals surface area contributed by atoms with Gasteiger partial charge >= 0.3 is 0 Å². The van der Waals surface area contributed by atoms with E-state index in [1.165, 1.54) is 6.42 Å². The maximum absolute atomic E-state index is 12.9. The van der Waals surface area contributed by atoms with Gasteiger partial charge in [-0.15, -0.1) is 0 Å². The van der Waals surface area contributed by atoms with Crippen molar-refractivity contribution in [1.82, 2.24) is 10.2 Å². The molecule has 0 aromatic heterocycles. The van der Waals surface area contributed by atoms with Gasteiger partial charge in [0, 0.05) is 30.3 Å². The van der Waals surface area contributed by atoms with Crippen molar-refractivity contribution < 1.29 is 9.59 Å². The molecule has 0 aliphatic carbocycles. The molecule has 0 spiro atoms. The van der Waals surface area contributed by atoms with Crippen molar-refractivity contribution in [3.8, 4) is 0 Å². The van der Waals surface area contributed by atoms with E-state index < -0.39 is 0 Å². The number of nitrogens with one attached hydrogen (secondary N) is 2. The molecule has 0 radical (unpaired) electrons. The number of carbonyl (C=O) groups is 2. The molecule has 0 bridgehead atoms. The number of amides is 2. The Balaban J connectivity index is 1.72. The Morgan fingerprint density at radius 1 is 1.12 bits per heavy atom. The van der Waals surface area contributed by atoms with E-state index in [2.05, 4.69) is 24.5 Å². The molecule has 1 aromatic carbocycles. The molecule has 2 aliphatic heterocycles. The number of hydrogen-bond acceptors (Lipinski definition) is 3. The van der Waals surface area contributed by atoms with Crippen LogP contribution in [-0.4, -0.2) is 42.9 Å². The first-order chi connectivity index (χ1) is 12.4. The van der Waals surface area contributed by atoms with Crippen LogP contribution in [0.5, 0.6) is 0 Å². The van der Waals surface area contributed by atoms with E-state index in [-0.39, 0.29) is 17.7 Å². The Kier molecular flexibility index (Phi) is 5.97. The molecule has 2 heterocycles. The summed E-state index contributed by atoms with van der Waals surface area (Å²) in [6.07, 6.45) is 2.91. The molecule has 5 nitrogen and oxygen atoms in total. The first-order valence-corrected chi connectivity index (χ1v) is 9.85. The summed E-state index contributed by atoms with van der Waals surface area (Å²) in [6.45, 7) is 9.78. The Morgan fingerprint density at radius 2 is 1.77 bits per heavy atom. The molecular formula is C21H31N3O2. The van der Waals surface area contributed by atoms with Crippen LogP contribution in [0.4, 0.5) is 5.69 Å². The van der Waals surface area contributed by atoms with E-state index in [0.29, 0.717) is 17.4 Å². The zero-order valence-corrected chi connectivity index (χ0v) is 16.2. The van der Waals surface area contributed by atoms with Gasteiger partial charge in [-0.1, -0.05) is 19.9 Å². The van der Waals surface area contributed by atoms with Crippen LogP contribution >= 0.6 is 0 Å². The number of benzene rings is 1. The molecule has 26 heavy (non-hydrogen) atoms. The van der Waals surface area contributed by atoms with E-state index in [9.17, 15) is 9.59 Å². The fourth-order valence-corrected chi connectivity index (χ4v) is 4.22. The highest BCUT2D eigenvalue weighted by Crippen LogP contribution is 2.25. The number of piperidine rings is 2. The molecular weight excluding hydrogens is 326 g/mol. The van der Waals surface area contributed by atoms with E-state index in [1.54, 1.807) is 0 Å². The molecule has 2 atom stereocenters. The second-order valence-electron chi connectivity index (χ2n) is 8.20. The minimum absolute atomic E-state index is 0.0544. The number of carbonyl (C=O) groups excluding carboxylic acids is 2. The highest BCUT2D eigenvalue weighted by atomic mass is 16.2. The van der Waals surface area contributed by atoms with Gasteiger partial charge in [-0.2, -0.15) is 0 Å². The fraction of sp³-hybridized carbons (Fsp3) is 0.619. The fourth-order valence-electron chi connectivity index (χ4n) is 4.22. The van der Waals surface area contributed by atoms with Gasteiger partial charge in [0.25, 0.3) is 5.91 Å². The minimum atomic E-state index is 0.0544. The first-order valence-electron chi connectivity index (χ1n) is 9.85. The maximum atomic E-state index is 12.9. The van der Waals surface area contributed by atoms with Gasteiger partial charge in [-0.05, 0) is 68.8 Å². The predicted molar refractivity (Wildman–Crippen MR) is 104 cm³/mol. The van der Waals surface area contributed by atoms with E-state index in [1.807, 2.05) is 30.0 Å². The molecule has 5 heteroatoms. The topological polar surface area (TPSA) is 61.4 Å². The molecule has 2 unspecified atom stereocenters. The summed E-state index contributed by atoms with van der Waals surface area (Å²) in [6, 6.07) is 5.66. The van der Waals surface area contributed by atoms with Crippen LogP contribution in [0.15, 0.2) is 18.2 Å². The Labute approximate surface area is 156 Å². The molecule has 2 amide bonds. The number of rotatable bonds is 3. The third-order valence-corrected chi connectivity index (χ3v) is 5.61. The quantitative estimate of drug-likeness (QED) is 0.874. The number of nitrogens with zero attached hydrogens (tertiary/aromatic N) is 1. The van der Waals surface area contributed by atoms with E-state index >= 15 is 0 Å². The highest BCUT2D eigenvalue weighted by molar-refractivity contribution is 5.98.